The van der Waals surface area contributed by atoms with E-state index in [1.165, 1.54) is 6.08 Å². The molecule has 0 fully saturated rings. The predicted molar refractivity (Wildman–Crippen MR) is 85.3 cm³/mol. The molecule has 26 heavy (non-hydrogen) atoms. The molecule has 0 spiro atoms. The van der Waals surface area contributed by atoms with Gasteiger partial charge in [0.25, 0.3) is 0 Å². The van der Waals surface area contributed by atoms with Gasteiger partial charge in [0.2, 0.25) is 5.91 Å². The third-order valence-electron chi connectivity index (χ3n) is 3.36. The Hall–Kier alpha value is -2.77. The lowest BCUT2D eigenvalue weighted by Crippen LogP contribution is -2.14. The molecule has 0 aromatic heterocycles. The van der Waals surface area contributed by atoms with E-state index in [9.17, 15) is 31.1 Å². The molecule has 0 radical (unpaired) electrons. The van der Waals surface area contributed by atoms with Gasteiger partial charge in [-0.25, -0.2) is 0 Å². The fourth-order valence-electron chi connectivity index (χ4n) is 2.06. The molecule has 2 aromatic rings. The van der Waals surface area contributed by atoms with Crippen molar-refractivity contribution in [3.63, 3.8) is 0 Å². The number of hydrogen-bond donors (Lipinski definition) is 1. The van der Waals surface area contributed by atoms with Gasteiger partial charge in [-0.05, 0) is 36.8 Å². The third kappa shape index (κ3) is 5.37. The fraction of sp³-hybridized carbons (Fsp3) is 0.167. The normalized spacial score (nSPS) is 12.4. The van der Waals surface area contributed by atoms with E-state index in [1.807, 2.05) is 12.2 Å². The summed E-state index contributed by atoms with van der Waals surface area (Å²) in [6, 6.07) is 7.91. The van der Waals surface area contributed by atoms with E-state index in [0.29, 0.717) is 17.7 Å². The number of nitrogens with one attached hydrogen (secondary N) is 1. The van der Waals surface area contributed by atoms with Crippen LogP contribution < -0.4 is 5.32 Å². The summed E-state index contributed by atoms with van der Waals surface area (Å²) in [5, 5.41) is 2.02. The zero-order valence-electron chi connectivity index (χ0n) is 13.4. The number of carbonyl (C=O) groups is 1. The monoisotopic (exact) mass is 373 g/mol. The van der Waals surface area contributed by atoms with Gasteiger partial charge in [0.1, 0.15) is 0 Å². The van der Waals surface area contributed by atoms with Crippen LogP contribution in [0, 0.1) is 6.92 Å². The first kappa shape index (κ1) is 19.6. The Morgan fingerprint density at radius 2 is 1.38 bits per heavy atom. The number of amides is 1. The Kier molecular flexibility index (Phi) is 5.44. The standard InChI is InChI=1S/C18H13F6NO/c1-11-2-4-12(5-3-11)6-7-16(26)25-15-9-13(17(19,20)21)8-14(10-15)18(22,23)24/h2-10H,1H3,(H,25,26)/b7-6+. The highest BCUT2D eigenvalue weighted by atomic mass is 19.4. The van der Waals surface area contributed by atoms with Crippen molar-refractivity contribution in [2.45, 2.75) is 19.3 Å². The van der Waals surface area contributed by atoms with Gasteiger partial charge in [-0.3, -0.25) is 4.79 Å². The van der Waals surface area contributed by atoms with Crippen molar-refractivity contribution >= 4 is 17.7 Å². The summed E-state index contributed by atoms with van der Waals surface area (Å²) in [4.78, 5) is 11.8. The van der Waals surface area contributed by atoms with E-state index in [4.69, 9.17) is 0 Å². The molecule has 0 atom stereocenters. The van der Waals surface area contributed by atoms with Crippen LogP contribution in [0.5, 0.6) is 0 Å². The number of halogens is 6. The van der Waals surface area contributed by atoms with Crippen LogP contribution in [0.15, 0.2) is 48.5 Å². The van der Waals surface area contributed by atoms with Crippen molar-refractivity contribution in [3.05, 3.63) is 70.8 Å². The number of alkyl halides is 6. The van der Waals surface area contributed by atoms with E-state index in [-0.39, 0.29) is 6.07 Å². The molecule has 0 saturated heterocycles. The minimum absolute atomic E-state index is 0.00218. The Morgan fingerprint density at radius 3 is 1.85 bits per heavy atom. The van der Waals surface area contributed by atoms with Crippen molar-refractivity contribution in [2.75, 3.05) is 5.32 Å². The Labute approximate surface area is 145 Å². The summed E-state index contributed by atoms with van der Waals surface area (Å²) in [5.74, 6) is -0.849. The second-order valence-electron chi connectivity index (χ2n) is 5.53. The average Bonchev–Trinajstić information content (AvgIpc) is 2.52. The summed E-state index contributed by atoms with van der Waals surface area (Å²) in [6.07, 6.45) is -7.53. The van der Waals surface area contributed by atoms with Gasteiger partial charge in [-0.15, -0.1) is 0 Å². The van der Waals surface area contributed by atoms with Crippen molar-refractivity contribution in [1.29, 1.82) is 0 Å². The van der Waals surface area contributed by atoms with E-state index >= 15 is 0 Å². The molecule has 1 N–H and O–H groups in total. The van der Waals surface area contributed by atoms with Crippen molar-refractivity contribution in [1.82, 2.24) is 0 Å². The summed E-state index contributed by atoms with van der Waals surface area (Å²) < 4.78 is 76.7. The summed E-state index contributed by atoms with van der Waals surface area (Å²) in [5.41, 5.74) is -1.93. The number of anilines is 1. The Bertz CT molecular complexity index is 787. The summed E-state index contributed by atoms with van der Waals surface area (Å²) >= 11 is 0. The zero-order valence-corrected chi connectivity index (χ0v) is 13.4. The largest absolute Gasteiger partial charge is 0.416 e. The molecular weight excluding hydrogens is 360 g/mol. The Balaban J connectivity index is 2.24. The van der Waals surface area contributed by atoms with Crippen LogP contribution >= 0.6 is 0 Å². The highest BCUT2D eigenvalue weighted by Crippen LogP contribution is 2.37. The molecule has 0 heterocycles. The zero-order chi connectivity index (χ0) is 19.5. The summed E-state index contributed by atoms with van der Waals surface area (Å²) in [7, 11) is 0. The van der Waals surface area contributed by atoms with E-state index < -0.39 is 35.1 Å². The lowest BCUT2D eigenvalue weighted by molar-refractivity contribution is -0.143. The van der Waals surface area contributed by atoms with Crippen molar-refractivity contribution < 1.29 is 31.1 Å². The van der Waals surface area contributed by atoms with Crippen LogP contribution in [0.25, 0.3) is 6.08 Å². The lowest BCUT2D eigenvalue weighted by atomic mass is 10.1. The van der Waals surface area contributed by atoms with Gasteiger partial charge in [0, 0.05) is 11.8 Å². The minimum Gasteiger partial charge on any atom is -0.322 e. The van der Waals surface area contributed by atoms with Gasteiger partial charge in [-0.2, -0.15) is 26.3 Å². The topological polar surface area (TPSA) is 29.1 Å². The first-order chi connectivity index (χ1) is 11.9. The molecular formula is C18H13F6NO. The molecule has 0 saturated carbocycles. The van der Waals surface area contributed by atoms with Gasteiger partial charge in [-0.1, -0.05) is 29.8 Å². The van der Waals surface area contributed by atoms with Gasteiger partial charge < -0.3 is 5.32 Å². The fourth-order valence-corrected chi connectivity index (χ4v) is 2.06. The van der Waals surface area contributed by atoms with Crippen LogP contribution in [0.1, 0.15) is 22.3 Å². The van der Waals surface area contributed by atoms with Crippen LogP contribution in [-0.4, -0.2) is 5.91 Å². The molecule has 0 aliphatic carbocycles. The molecule has 0 bridgehead atoms. The molecule has 0 unspecified atom stereocenters. The second-order valence-corrected chi connectivity index (χ2v) is 5.53. The van der Waals surface area contributed by atoms with Crippen LogP contribution in [0.2, 0.25) is 0 Å². The van der Waals surface area contributed by atoms with Crippen LogP contribution in [0.3, 0.4) is 0 Å². The Morgan fingerprint density at radius 1 is 0.885 bits per heavy atom. The molecule has 8 heteroatoms. The highest BCUT2D eigenvalue weighted by Gasteiger charge is 2.37. The molecule has 1 amide bonds. The van der Waals surface area contributed by atoms with E-state index in [0.717, 1.165) is 11.6 Å². The lowest BCUT2D eigenvalue weighted by Gasteiger charge is -2.14. The smallest absolute Gasteiger partial charge is 0.322 e. The first-order valence-electron chi connectivity index (χ1n) is 7.30. The van der Waals surface area contributed by atoms with Gasteiger partial charge in [0.05, 0.1) is 11.1 Å². The van der Waals surface area contributed by atoms with Gasteiger partial charge >= 0.3 is 12.4 Å². The maximum absolute atomic E-state index is 12.8. The second kappa shape index (κ2) is 7.23. The quantitative estimate of drug-likeness (QED) is 0.544. The van der Waals surface area contributed by atoms with Crippen molar-refractivity contribution in [3.8, 4) is 0 Å². The first-order valence-corrected chi connectivity index (χ1v) is 7.30. The molecule has 138 valence electrons. The number of hydrogen-bond acceptors (Lipinski definition) is 1. The molecule has 2 aromatic carbocycles. The maximum Gasteiger partial charge on any atom is 0.416 e. The maximum atomic E-state index is 12.8. The molecule has 2 rings (SSSR count). The highest BCUT2D eigenvalue weighted by molar-refractivity contribution is 6.02. The number of carbonyl (C=O) groups excluding carboxylic acids is 1. The minimum atomic E-state index is -4.97. The van der Waals surface area contributed by atoms with Crippen molar-refractivity contribution in [2.24, 2.45) is 0 Å². The van der Waals surface area contributed by atoms with Crippen LogP contribution in [0.4, 0.5) is 32.0 Å². The number of rotatable bonds is 3. The summed E-state index contributed by atoms with van der Waals surface area (Å²) in [6.45, 7) is 1.87. The average molecular weight is 373 g/mol. The van der Waals surface area contributed by atoms with Gasteiger partial charge in [0.15, 0.2) is 0 Å². The molecule has 0 aliphatic rings. The predicted octanol–water partition coefficient (Wildman–Crippen LogP) is 5.68. The SMILES string of the molecule is Cc1ccc(/C=C/C(=O)Nc2cc(C(F)(F)F)cc(C(F)(F)F)c2)cc1. The van der Waals surface area contributed by atoms with E-state index in [1.54, 1.807) is 24.3 Å². The molecule has 2 nitrogen and oxygen atoms in total. The van der Waals surface area contributed by atoms with E-state index in [2.05, 4.69) is 0 Å². The third-order valence-corrected chi connectivity index (χ3v) is 3.36. The van der Waals surface area contributed by atoms with Crippen LogP contribution in [-0.2, 0) is 17.1 Å². The number of benzene rings is 2. The molecule has 0 aliphatic heterocycles. The number of aryl methyl sites for hydroxylation is 1.